The van der Waals surface area contributed by atoms with Crippen LogP contribution < -0.4 is 0 Å². The lowest BCUT2D eigenvalue weighted by Crippen LogP contribution is -2.16. The number of hydrogen-bond donors (Lipinski definition) is 1. The SMILES string of the molecule is COC(=O)/C(C1=NC(=NC(=O)c2ccc(C)cc2)c2ccccc21)=C(/C)O. The number of aliphatic hydroxyl groups excluding tert-OH is 1. The molecule has 3 rings (SSSR count). The van der Waals surface area contributed by atoms with Crippen LogP contribution in [-0.2, 0) is 9.53 Å². The number of esters is 1. The van der Waals surface area contributed by atoms with Crippen LogP contribution in [0.15, 0.2) is 69.8 Å². The Balaban J connectivity index is 2.10. The predicted molar refractivity (Wildman–Crippen MR) is 102 cm³/mol. The monoisotopic (exact) mass is 362 g/mol. The van der Waals surface area contributed by atoms with Crippen LogP contribution in [-0.4, -0.2) is 35.6 Å². The van der Waals surface area contributed by atoms with E-state index in [9.17, 15) is 14.7 Å². The number of amides is 1. The molecule has 0 fully saturated rings. The molecule has 0 saturated carbocycles. The van der Waals surface area contributed by atoms with Crippen molar-refractivity contribution < 1.29 is 19.4 Å². The van der Waals surface area contributed by atoms with Gasteiger partial charge in [-0.2, -0.15) is 4.99 Å². The predicted octanol–water partition coefficient (Wildman–Crippen LogP) is 3.39. The van der Waals surface area contributed by atoms with Crippen LogP contribution in [0.5, 0.6) is 0 Å². The molecule has 0 atom stereocenters. The molecule has 2 aromatic rings. The molecule has 0 aromatic heterocycles. The smallest absolute Gasteiger partial charge is 0.343 e. The van der Waals surface area contributed by atoms with Crippen molar-refractivity contribution in [2.45, 2.75) is 13.8 Å². The molecule has 136 valence electrons. The molecule has 0 saturated heterocycles. The van der Waals surface area contributed by atoms with Gasteiger partial charge in [0.2, 0.25) is 0 Å². The Bertz CT molecular complexity index is 1010. The number of aryl methyl sites for hydroxylation is 1. The van der Waals surface area contributed by atoms with Gasteiger partial charge in [-0.15, -0.1) is 0 Å². The summed E-state index contributed by atoms with van der Waals surface area (Å²) >= 11 is 0. The summed E-state index contributed by atoms with van der Waals surface area (Å²) < 4.78 is 4.75. The largest absolute Gasteiger partial charge is 0.512 e. The molecule has 0 unspecified atom stereocenters. The fourth-order valence-electron chi connectivity index (χ4n) is 2.76. The highest BCUT2D eigenvalue weighted by atomic mass is 16.5. The molecule has 0 radical (unpaired) electrons. The number of methoxy groups -OCH3 is 1. The first-order valence-electron chi connectivity index (χ1n) is 8.29. The van der Waals surface area contributed by atoms with Crippen LogP contribution in [0.4, 0.5) is 0 Å². The van der Waals surface area contributed by atoms with Crippen molar-refractivity contribution in [2.75, 3.05) is 7.11 Å². The first kappa shape index (κ1) is 18.3. The second-order valence-corrected chi connectivity index (χ2v) is 6.06. The molecule has 27 heavy (non-hydrogen) atoms. The van der Waals surface area contributed by atoms with Crippen LogP contribution in [0, 0.1) is 6.92 Å². The topological polar surface area (TPSA) is 88.3 Å². The molecule has 6 nitrogen and oxygen atoms in total. The van der Waals surface area contributed by atoms with Gasteiger partial charge < -0.3 is 9.84 Å². The van der Waals surface area contributed by atoms with E-state index in [1.165, 1.54) is 14.0 Å². The molecular weight excluding hydrogens is 344 g/mol. The van der Waals surface area contributed by atoms with E-state index in [0.29, 0.717) is 16.7 Å². The first-order chi connectivity index (χ1) is 12.9. The van der Waals surface area contributed by atoms with Gasteiger partial charge in [0.1, 0.15) is 11.3 Å². The number of carbonyl (C=O) groups excluding carboxylic acids is 2. The van der Waals surface area contributed by atoms with E-state index in [-0.39, 0.29) is 22.9 Å². The minimum atomic E-state index is -0.713. The Morgan fingerprint density at radius 3 is 2.26 bits per heavy atom. The summed E-state index contributed by atoms with van der Waals surface area (Å²) in [4.78, 5) is 33.1. The number of nitrogens with zero attached hydrogens (tertiary/aromatic N) is 2. The van der Waals surface area contributed by atoms with E-state index < -0.39 is 11.9 Å². The molecule has 0 aliphatic carbocycles. The summed E-state index contributed by atoms with van der Waals surface area (Å²) in [5, 5.41) is 9.96. The van der Waals surface area contributed by atoms with Crippen molar-refractivity contribution in [3.63, 3.8) is 0 Å². The van der Waals surface area contributed by atoms with Gasteiger partial charge in [0, 0.05) is 16.7 Å². The number of aliphatic hydroxyl groups is 1. The molecule has 0 bridgehead atoms. The Hall–Kier alpha value is -3.54. The number of hydrogen-bond acceptors (Lipinski definition) is 4. The maximum Gasteiger partial charge on any atom is 0.343 e. The average Bonchev–Trinajstić information content (AvgIpc) is 3.00. The third kappa shape index (κ3) is 3.55. The summed E-state index contributed by atoms with van der Waals surface area (Å²) in [6.07, 6.45) is 0. The molecule has 1 heterocycles. The van der Waals surface area contributed by atoms with Crippen LogP contribution in [0.2, 0.25) is 0 Å². The number of allylic oxidation sites excluding steroid dienone is 1. The van der Waals surface area contributed by atoms with Gasteiger partial charge in [-0.25, -0.2) is 9.79 Å². The van der Waals surface area contributed by atoms with Crippen molar-refractivity contribution >= 4 is 23.4 Å². The van der Waals surface area contributed by atoms with E-state index >= 15 is 0 Å². The van der Waals surface area contributed by atoms with Crippen molar-refractivity contribution in [1.29, 1.82) is 0 Å². The Morgan fingerprint density at radius 1 is 1.04 bits per heavy atom. The van der Waals surface area contributed by atoms with Crippen LogP contribution in [0.3, 0.4) is 0 Å². The van der Waals surface area contributed by atoms with Crippen molar-refractivity contribution in [3.8, 4) is 0 Å². The number of fused-ring (bicyclic) bond motifs is 1. The Morgan fingerprint density at radius 2 is 1.67 bits per heavy atom. The van der Waals surface area contributed by atoms with Gasteiger partial charge in [0.15, 0.2) is 5.84 Å². The van der Waals surface area contributed by atoms with Crippen molar-refractivity contribution in [2.24, 2.45) is 9.98 Å². The molecule has 1 aliphatic rings. The lowest BCUT2D eigenvalue weighted by atomic mass is 9.99. The van der Waals surface area contributed by atoms with Gasteiger partial charge in [-0.05, 0) is 26.0 Å². The molecule has 0 spiro atoms. The minimum Gasteiger partial charge on any atom is -0.512 e. The fraction of sp³-hybridized carbons (Fsp3) is 0.143. The zero-order chi connectivity index (χ0) is 19.6. The molecule has 1 N–H and O–H groups in total. The van der Waals surface area contributed by atoms with Gasteiger partial charge in [-0.3, -0.25) is 4.79 Å². The molecule has 1 amide bonds. The highest BCUT2D eigenvalue weighted by Crippen LogP contribution is 2.25. The zero-order valence-electron chi connectivity index (χ0n) is 15.2. The van der Waals surface area contributed by atoms with E-state index in [4.69, 9.17) is 4.74 Å². The maximum atomic E-state index is 12.5. The minimum absolute atomic E-state index is 0.0575. The van der Waals surface area contributed by atoms with Crippen molar-refractivity contribution in [3.05, 3.63) is 82.1 Å². The lowest BCUT2D eigenvalue weighted by Gasteiger charge is -2.07. The number of ether oxygens (including phenoxy) is 1. The molecular formula is C21H18N2O4. The highest BCUT2D eigenvalue weighted by Gasteiger charge is 2.30. The van der Waals surface area contributed by atoms with E-state index in [2.05, 4.69) is 9.98 Å². The molecule has 1 aliphatic heterocycles. The van der Waals surface area contributed by atoms with E-state index in [1.807, 2.05) is 19.1 Å². The third-order valence-electron chi connectivity index (χ3n) is 4.13. The van der Waals surface area contributed by atoms with E-state index in [0.717, 1.165) is 5.56 Å². The number of aliphatic imine (C=N–C) groups is 2. The second kappa shape index (κ2) is 7.37. The average molecular weight is 362 g/mol. The standard InChI is InChI=1S/C21H18N2O4/c1-12-8-10-14(11-9-12)20(25)23-19-16-7-5-4-6-15(16)18(22-19)17(13(2)24)21(26)27-3/h4-11,24H,1-3H3/b17-13-,23-19?. The van der Waals surface area contributed by atoms with Crippen LogP contribution in [0.1, 0.15) is 34.0 Å². The number of benzene rings is 2. The first-order valence-corrected chi connectivity index (χ1v) is 8.29. The fourth-order valence-corrected chi connectivity index (χ4v) is 2.76. The lowest BCUT2D eigenvalue weighted by molar-refractivity contribution is -0.135. The summed E-state index contributed by atoms with van der Waals surface area (Å²) in [6.45, 7) is 3.31. The van der Waals surface area contributed by atoms with E-state index in [1.54, 1.807) is 36.4 Å². The molecule has 6 heteroatoms. The normalized spacial score (nSPS) is 15.1. The zero-order valence-corrected chi connectivity index (χ0v) is 15.2. The van der Waals surface area contributed by atoms with Gasteiger partial charge in [-0.1, -0.05) is 42.0 Å². The summed E-state index contributed by atoms with van der Waals surface area (Å²) in [5.74, 6) is -1.18. The number of rotatable bonds is 3. The summed E-state index contributed by atoms with van der Waals surface area (Å²) in [7, 11) is 1.22. The summed E-state index contributed by atoms with van der Waals surface area (Å²) in [6, 6.07) is 14.1. The molecule has 2 aromatic carbocycles. The Kier molecular flexibility index (Phi) is 4.98. The van der Waals surface area contributed by atoms with Crippen LogP contribution >= 0.6 is 0 Å². The third-order valence-corrected chi connectivity index (χ3v) is 4.13. The van der Waals surface area contributed by atoms with Crippen molar-refractivity contribution in [1.82, 2.24) is 0 Å². The second-order valence-electron chi connectivity index (χ2n) is 6.06. The van der Waals surface area contributed by atoms with Gasteiger partial charge in [0.25, 0.3) is 5.91 Å². The quantitative estimate of drug-likeness (QED) is 0.515. The Labute approximate surface area is 156 Å². The number of carbonyl (C=O) groups is 2. The van der Waals surface area contributed by atoms with Crippen LogP contribution in [0.25, 0.3) is 0 Å². The number of amidine groups is 1. The van der Waals surface area contributed by atoms with Gasteiger partial charge >= 0.3 is 5.97 Å². The maximum absolute atomic E-state index is 12.5. The summed E-state index contributed by atoms with van der Waals surface area (Å²) in [5.41, 5.74) is 2.86. The highest BCUT2D eigenvalue weighted by molar-refractivity contribution is 6.36. The van der Waals surface area contributed by atoms with Gasteiger partial charge in [0.05, 0.1) is 12.8 Å².